The van der Waals surface area contributed by atoms with Gasteiger partial charge in [-0.15, -0.1) is 0 Å². The van der Waals surface area contributed by atoms with Crippen LogP contribution in [0.5, 0.6) is 0 Å². The minimum absolute atomic E-state index is 0.282. The van der Waals surface area contributed by atoms with Crippen molar-refractivity contribution in [3.63, 3.8) is 0 Å². The van der Waals surface area contributed by atoms with Crippen LogP contribution in [0.1, 0.15) is 19.3 Å². The van der Waals surface area contributed by atoms with E-state index < -0.39 is 17.8 Å². The van der Waals surface area contributed by atoms with Crippen molar-refractivity contribution in [1.82, 2.24) is 0 Å². The largest absolute Gasteiger partial charge is 0.413 e. The van der Waals surface area contributed by atoms with Gasteiger partial charge in [-0.3, -0.25) is 0 Å². The second kappa shape index (κ2) is 4.57. The predicted octanol–water partition coefficient (Wildman–Crippen LogP) is 2.72. The molecular weight excluding hydrogens is 211 g/mol. The van der Waals surface area contributed by atoms with E-state index in [1.807, 2.05) is 0 Å². The summed E-state index contributed by atoms with van der Waals surface area (Å²) in [7, 11) is 0. The van der Waals surface area contributed by atoms with E-state index in [0.29, 0.717) is 6.42 Å². The molecule has 0 spiro atoms. The Labute approximate surface area is 85.9 Å². The van der Waals surface area contributed by atoms with Crippen LogP contribution in [0.2, 0.25) is 0 Å². The van der Waals surface area contributed by atoms with Crippen LogP contribution in [-0.2, 0) is 0 Å². The van der Waals surface area contributed by atoms with Gasteiger partial charge in [0.25, 0.3) is 0 Å². The molecule has 82 valence electrons. The predicted molar refractivity (Wildman–Crippen MR) is 53.3 cm³/mol. The highest BCUT2D eigenvalue weighted by Gasteiger charge is 2.36. The number of rotatable bonds is 3. The molecule has 1 rings (SSSR count). The van der Waals surface area contributed by atoms with Crippen molar-refractivity contribution in [3.05, 3.63) is 12.2 Å². The van der Waals surface area contributed by atoms with Crippen LogP contribution in [0.3, 0.4) is 0 Å². The van der Waals surface area contributed by atoms with E-state index in [4.69, 9.17) is 5.73 Å². The van der Waals surface area contributed by atoms with Crippen molar-refractivity contribution in [2.75, 3.05) is 5.75 Å². The normalized spacial score (nSPS) is 25.0. The average molecular weight is 225 g/mol. The summed E-state index contributed by atoms with van der Waals surface area (Å²) in [5.41, 5.74) is 4.65. The second-order valence-corrected chi connectivity index (χ2v) is 4.91. The van der Waals surface area contributed by atoms with Gasteiger partial charge in [-0.25, -0.2) is 0 Å². The molecule has 0 amide bonds. The van der Waals surface area contributed by atoms with E-state index in [1.54, 1.807) is 11.8 Å². The second-order valence-electron chi connectivity index (χ2n) is 3.50. The standard InChI is InChI=1S/C9H14F3NS/c1-6(9(10,11)12)8(13)5-7-3-2-4-14-7/h7-8H,1-5,13H2. The molecule has 1 aliphatic heterocycles. The zero-order valence-electron chi connectivity index (χ0n) is 7.81. The molecule has 0 aromatic rings. The molecule has 1 aliphatic rings. The molecule has 1 fully saturated rings. The van der Waals surface area contributed by atoms with Crippen LogP contribution < -0.4 is 5.73 Å². The lowest BCUT2D eigenvalue weighted by Crippen LogP contribution is -2.32. The summed E-state index contributed by atoms with van der Waals surface area (Å²) in [6.45, 7) is 3.01. The van der Waals surface area contributed by atoms with Gasteiger partial charge in [-0.05, 0) is 25.0 Å². The molecule has 0 bridgehead atoms. The van der Waals surface area contributed by atoms with Gasteiger partial charge >= 0.3 is 6.18 Å². The molecule has 0 radical (unpaired) electrons. The monoisotopic (exact) mass is 225 g/mol. The first-order valence-corrected chi connectivity index (χ1v) is 5.59. The first-order chi connectivity index (χ1) is 6.41. The maximum absolute atomic E-state index is 12.2. The number of thioether (sulfide) groups is 1. The fourth-order valence-electron chi connectivity index (χ4n) is 1.47. The number of hydrogen-bond donors (Lipinski definition) is 1. The lowest BCUT2D eigenvalue weighted by atomic mass is 10.0. The van der Waals surface area contributed by atoms with E-state index in [9.17, 15) is 13.2 Å². The Bertz CT molecular complexity index is 209. The summed E-state index contributed by atoms with van der Waals surface area (Å²) >= 11 is 1.71. The van der Waals surface area contributed by atoms with Gasteiger partial charge in [0, 0.05) is 16.9 Å². The van der Waals surface area contributed by atoms with Crippen molar-refractivity contribution in [2.24, 2.45) is 5.73 Å². The van der Waals surface area contributed by atoms with E-state index in [0.717, 1.165) is 18.6 Å². The van der Waals surface area contributed by atoms with E-state index in [1.165, 1.54) is 0 Å². The Hall–Kier alpha value is -0.160. The highest BCUT2D eigenvalue weighted by Crippen LogP contribution is 2.33. The molecule has 1 nitrogen and oxygen atoms in total. The molecule has 1 heterocycles. The molecule has 1 saturated heterocycles. The third-order valence-electron chi connectivity index (χ3n) is 2.35. The highest BCUT2D eigenvalue weighted by molar-refractivity contribution is 8.00. The van der Waals surface area contributed by atoms with Gasteiger partial charge < -0.3 is 5.73 Å². The zero-order valence-corrected chi connectivity index (χ0v) is 8.63. The van der Waals surface area contributed by atoms with Gasteiger partial charge in [0.15, 0.2) is 0 Å². The number of hydrogen-bond acceptors (Lipinski definition) is 2. The fourth-order valence-corrected chi connectivity index (χ4v) is 2.81. The topological polar surface area (TPSA) is 26.0 Å². The molecule has 0 saturated carbocycles. The number of nitrogens with two attached hydrogens (primary N) is 1. The van der Waals surface area contributed by atoms with Gasteiger partial charge in [-0.2, -0.15) is 24.9 Å². The summed E-state index contributed by atoms with van der Waals surface area (Å²) < 4.78 is 36.6. The van der Waals surface area contributed by atoms with Crippen molar-refractivity contribution in [1.29, 1.82) is 0 Å². The summed E-state index contributed by atoms with van der Waals surface area (Å²) in [4.78, 5) is 0. The maximum Gasteiger partial charge on any atom is 0.413 e. The van der Waals surface area contributed by atoms with Crippen molar-refractivity contribution < 1.29 is 13.2 Å². The van der Waals surface area contributed by atoms with E-state index >= 15 is 0 Å². The third kappa shape index (κ3) is 3.20. The maximum atomic E-state index is 12.2. The van der Waals surface area contributed by atoms with Crippen LogP contribution in [0, 0.1) is 0 Å². The van der Waals surface area contributed by atoms with Gasteiger partial charge in [0.2, 0.25) is 0 Å². The highest BCUT2D eigenvalue weighted by atomic mass is 32.2. The SMILES string of the molecule is C=C(C(N)CC1CCCS1)C(F)(F)F. The summed E-state index contributed by atoms with van der Waals surface area (Å²) in [5.74, 6) is 1.04. The average Bonchev–Trinajstić information content (AvgIpc) is 2.53. The fraction of sp³-hybridized carbons (Fsp3) is 0.778. The Balaban J connectivity index is 2.41. The number of alkyl halides is 3. The van der Waals surface area contributed by atoms with Crippen LogP contribution in [0.25, 0.3) is 0 Å². The molecule has 0 aromatic carbocycles. The molecule has 0 aromatic heterocycles. The van der Waals surface area contributed by atoms with Crippen molar-refractivity contribution in [3.8, 4) is 0 Å². The van der Waals surface area contributed by atoms with Crippen molar-refractivity contribution >= 4 is 11.8 Å². The Kier molecular flexibility index (Phi) is 3.89. The molecule has 2 unspecified atom stereocenters. The van der Waals surface area contributed by atoms with Crippen LogP contribution >= 0.6 is 11.8 Å². The quantitative estimate of drug-likeness (QED) is 0.747. The Morgan fingerprint density at radius 2 is 2.21 bits per heavy atom. The van der Waals surface area contributed by atoms with E-state index in [-0.39, 0.29) is 5.25 Å². The molecule has 2 atom stereocenters. The first kappa shape index (κ1) is 11.9. The van der Waals surface area contributed by atoms with Crippen molar-refractivity contribution in [2.45, 2.75) is 36.7 Å². The van der Waals surface area contributed by atoms with Crippen LogP contribution in [-0.4, -0.2) is 23.2 Å². The Morgan fingerprint density at radius 1 is 1.57 bits per heavy atom. The lowest BCUT2D eigenvalue weighted by Gasteiger charge is -2.19. The van der Waals surface area contributed by atoms with Crippen LogP contribution in [0.15, 0.2) is 12.2 Å². The molecule has 14 heavy (non-hydrogen) atoms. The van der Waals surface area contributed by atoms with E-state index in [2.05, 4.69) is 6.58 Å². The molecule has 2 N–H and O–H groups in total. The van der Waals surface area contributed by atoms with Crippen LogP contribution in [0.4, 0.5) is 13.2 Å². The molecular formula is C9H14F3NS. The first-order valence-electron chi connectivity index (χ1n) is 4.54. The zero-order chi connectivity index (χ0) is 10.8. The Morgan fingerprint density at radius 3 is 2.64 bits per heavy atom. The summed E-state index contributed by atoms with van der Waals surface area (Å²) in [6, 6.07) is -0.939. The smallest absolute Gasteiger partial charge is 0.324 e. The molecule has 5 heteroatoms. The summed E-state index contributed by atoms with van der Waals surface area (Å²) in [6.07, 6.45) is -1.89. The van der Waals surface area contributed by atoms with Gasteiger partial charge in [-0.1, -0.05) is 6.58 Å². The lowest BCUT2D eigenvalue weighted by molar-refractivity contribution is -0.0952. The van der Waals surface area contributed by atoms with Gasteiger partial charge in [0.05, 0.1) is 0 Å². The third-order valence-corrected chi connectivity index (χ3v) is 3.78. The molecule has 0 aliphatic carbocycles. The van der Waals surface area contributed by atoms with Gasteiger partial charge in [0.1, 0.15) is 0 Å². The summed E-state index contributed by atoms with van der Waals surface area (Å²) in [5, 5.41) is 0.282. The number of halogens is 3. The minimum Gasteiger partial charge on any atom is -0.324 e. The minimum atomic E-state index is -4.34.